The lowest BCUT2D eigenvalue weighted by Crippen LogP contribution is -2.38. The van der Waals surface area contributed by atoms with Gasteiger partial charge in [0.2, 0.25) is 0 Å². The molecule has 1 rings (SSSR count). The van der Waals surface area contributed by atoms with Crippen LogP contribution in [0.4, 0.5) is 0 Å². The summed E-state index contributed by atoms with van der Waals surface area (Å²) >= 11 is 1.96. The second kappa shape index (κ2) is 6.12. The maximum atomic E-state index is 5.68. The molecule has 1 aliphatic carbocycles. The Hall–Kier alpha value is 0.270. The van der Waals surface area contributed by atoms with Gasteiger partial charge in [0, 0.05) is 18.3 Å². The molecule has 0 amide bonds. The minimum atomic E-state index is 0.593. The van der Waals surface area contributed by atoms with Crippen LogP contribution in [0.25, 0.3) is 0 Å². The van der Waals surface area contributed by atoms with E-state index in [1.807, 2.05) is 11.8 Å². The van der Waals surface area contributed by atoms with Gasteiger partial charge in [-0.05, 0) is 50.9 Å². The Balaban J connectivity index is 2.35. The van der Waals surface area contributed by atoms with E-state index >= 15 is 0 Å². The number of thioether (sulfide) groups is 1. The summed E-state index contributed by atoms with van der Waals surface area (Å²) in [7, 11) is 2.28. The van der Waals surface area contributed by atoms with E-state index in [1.165, 1.54) is 38.0 Å². The minimum Gasteiger partial charge on any atom is -0.330 e. The standard InChI is InChI=1S/C12H26N2S/c1-4-11(9-15-3)14(2)10-12(5-6-12)7-8-13/h11H,4-10,13H2,1-3H3. The second-order valence-electron chi connectivity index (χ2n) is 4.97. The monoisotopic (exact) mass is 230 g/mol. The van der Waals surface area contributed by atoms with Gasteiger partial charge in [-0.2, -0.15) is 11.8 Å². The summed E-state index contributed by atoms with van der Waals surface area (Å²) in [5.74, 6) is 1.26. The summed E-state index contributed by atoms with van der Waals surface area (Å²) in [5, 5.41) is 0. The predicted octanol–water partition coefficient (Wildman–Crippen LogP) is 2.19. The molecule has 1 saturated carbocycles. The van der Waals surface area contributed by atoms with E-state index in [-0.39, 0.29) is 0 Å². The summed E-state index contributed by atoms with van der Waals surface area (Å²) in [5.41, 5.74) is 6.27. The van der Waals surface area contributed by atoms with Crippen molar-refractivity contribution in [1.29, 1.82) is 0 Å². The smallest absolute Gasteiger partial charge is 0.0180 e. The Morgan fingerprint density at radius 2 is 2.13 bits per heavy atom. The van der Waals surface area contributed by atoms with E-state index in [1.54, 1.807) is 0 Å². The van der Waals surface area contributed by atoms with Gasteiger partial charge in [0.15, 0.2) is 0 Å². The SMILES string of the molecule is CCC(CSC)N(C)CC1(CCN)CC1. The van der Waals surface area contributed by atoms with Crippen LogP contribution in [0.3, 0.4) is 0 Å². The lowest BCUT2D eigenvalue weighted by Gasteiger charge is -2.30. The molecule has 2 nitrogen and oxygen atoms in total. The molecule has 0 spiro atoms. The molecule has 90 valence electrons. The third-order valence-corrected chi connectivity index (χ3v) is 4.39. The van der Waals surface area contributed by atoms with Gasteiger partial charge in [-0.1, -0.05) is 6.92 Å². The van der Waals surface area contributed by atoms with Gasteiger partial charge < -0.3 is 10.6 Å². The van der Waals surface area contributed by atoms with Crippen LogP contribution in [0, 0.1) is 5.41 Å². The van der Waals surface area contributed by atoms with Gasteiger partial charge in [-0.25, -0.2) is 0 Å². The van der Waals surface area contributed by atoms with Gasteiger partial charge in [0.1, 0.15) is 0 Å². The summed E-state index contributed by atoms with van der Waals surface area (Å²) in [4.78, 5) is 2.55. The number of hydrogen-bond acceptors (Lipinski definition) is 3. The topological polar surface area (TPSA) is 29.3 Å². The van der Waals surface area contributed by atoms with Crippen molar-refractivity contribution in [2.75, 3.05) is 32.1 Å². The normalized spacial score (nSPS) is 20.6. The summed E-state index contributed by atoms with van der Waals surface area (Å²) in [6, 6.07) is 0.746. The van der Waals surface area contributed by atoms with Crippen LogP contribution in [0.1, 0.15) is 32.6 Å². The molecule has 1 atom stereocenters. The Morgan fingerprint density at radius 1 is 1.47 bits per heavy atom. The summed E-state index contributed by atoms with van der Waals surface area (Å²) in [6.07, 6.45) is 7.46. The van der Waals surface area contributed by atoms with E-state index in [9.17, 15) is 0 Å². The first kappa shape index (κ1) is 13.3. The molecular formula is C12H26N2S. The fourth-order valence-corrected chi connectivity index (χ4v) is 3.25. The van der Waals surface area contributed by atoms with Gasteiger partial charge in [0.25, 0.3) is 0 Å². The highest BCUT2D eigenvalue weighted by Crippen LogP contribution is 2.49. The molecule has 2 N–H and O–H groups in total. The highest BCUT2D eigenvalue weighted by molar-refractivity contribution is 7.98. The lowest BCUT2D eigenvalue weighted by molar-refractivity contribution is 0.201. The lowest BCUT2D eigenvalue weighted by atomic mass is 10.0. The third kappa shape index (κ3) is 3.97. The van der Waals surface area contributed by atoms with Crippen LogP contribution in [-0.2, 0) is 0 Å². The van der Waals surface area contributed by atoms with Gasteiger partial charge in [0.05, 0.1) is 0 Å². The van der Waals surface area contributed by atoms with Gasteiger partial charge in [-0.15, -0.1) is 0 Å². The van der Waals surface area contributed by atoms with Gasteiger partial charge in [-0.3, -0.25) is 0 Å². The van der Waals surface area contributed by atoms with Crippen LogP contribution < -0.4 is 5.73 Å². The molecule has 0 radical (unpaired) electrons. The number of nitrogens with zero attached hydrogens (tertiary/aromatic N) is 1. The average molecular weight is 230 g/mol. The zero-order valence-corrected chi connectivity index (χ0v) is 11.3. The quantitative estimate of drug-likeness (QED) is 0.693. The highest BCUT2D eigenvalue weighted by atomic mass is 32.2. The Kier molecular flexibility index (Phi) is 5.44. The maximum Gasteiger partial charge on any atom is 0.0180 e. The Morgan fingerprint density at radius 3 is 2.53 bits per heavy atom. The zero-order chi connectivity index (χ0) is 11.3. The van der Waals surface area contributed by atoms with E-state index < -0.39 is 0 Å². The first-order valence-electron chi connectivity index (χ1n) is 6.06. The van der Waals surface area contributed by atoms with E-state index in [2.05, 4.69) is 25.1 Å². The fourth-order valence-electron chi connectivity index (χ4n) is 2.38. The number of nitrogens with two attached hydrogens (primary N) is 1. The van der Waals surface area contributed by atoms with Crippen LogP contribution in [0.15, 0.2) is 0 Å². The molecular weight excluding hydrogens is 204 g/mol. The molecule has 0 saturated heterocycles. The fraction of sp³-hybridized carbons (Fsp3) is 1.00. The van der Waals surface area contributed by atoms with Crippen LogP contribution >= 0.6 is 11.8 Å². The molecule has 0 bridgehead atoms. The average Bonchev–Trinajstić information content (AvgIpc) is 2.94. The number of hydrogen-bond donors (Lipinski definition) is 1. The van der Waals surface area contributed by atoms with Crippen molar-refractivity contribution in [3.8, 4) is 0 Å². The Labute approximate surface area is 99.0 Å². The van der Waals surface area contributed by atoms with Crippen LogP contribution in [0.5, 0.6) is 0 Å². The molecule has 1 fully saturated rings. The molecule has 0 aliphatic heterocycles. The van der Waals surface area contributed by atoms with Crippen molar-refractivity contribution >= 4 is 11.8 Å². The van der Waals surface area contributed by atoms with Gasteiger partial charge >= 0.3 is 0 Å². The molecule has 0 aromatic heterocycles. The zero-order valence-electron chi connectivity index (χ0n) is 10.5. The predicted molar refractivity (Wildman–Crippen MR) is 70.4 cm³/mol. The van der Waals surface area contributed by atoms with E-state index in [0.717, 1.165) is 12.6 Å². The largest absolute Gasteiger partial charge is 0.330 e. The molecule has 1 unspecified atom stereocenters. The highest BCUT2D eigenvalue weighted by Gasteiger charge is 2.42. The van der Waals surface area contributed by atoms with Crippen LogP contribution in [-0.4, -0.2) is 43.1 Å². The van der Waals surface area contributed by atoms with Crippen molar-refractivity contribution < 1.29 is 0 Å². The molecule has 0 aromatic carbocycles. The van der Waals surface area contributed by atoms with Crippen LogP contribution in [0.2, 0.25) is 0 Å². The first-order chi connectivity index (χ1) is 7.17. The molecule has 1 aliphatic rings. The minimum absolute atomic E-state index is 0.593. The Bertz CT molecular complexity index is 180. The van der Waals surface area contributed by atoms with Crippen molar-refractivity contribution in [2.24, 2.45) is 11.1 Å². The van der Waals surface area contributed by atoms with Crippen molar-refractivity contribution in [2.45, 2.75) is 38.6 Å². The third-order valence-electron chi connectivity index (χ3n) is 3.67. The summed E-state index contributed by atoms with van der Waals surface area (Å²) in [6.45, 7) is 4.40. The van der Waals surface area contributed by atoms with Crippen molar-refractivity contribution in [3.63, 3.8) is 0 Å². The molecule has 0 aromatic rings. The second-order valence-corrected chi connectivity index (χ2v) is 5.88. The molecule has 0 heterocycles. The first-order valence-corrected chi connectivity index (χ1v) is 7.46. The molecule has 15 heavy (non-hydrogen) atoms. The van der Waals surface area contributed by atoms with Crippen molar-refractivity contribution in [1.82, 2.24) is 4.90 Å². The van der Waals surface area contributed by atoms with E-state index in [4.69, 9.17) is 5.73 Å². The maximum absolute atomic E-state index is 5.68. The molecule has 3 heteroatoms. The van der Waals surface area contributed by atoms with Crippen molar-refractivity contribution in [3.05, 3.63) is 0 Å². The number of rotatable bonds is 8. The van der Waals surface area contributed by atoms with E-state index in [0.29, 0.717) is 5.41 Å². The summed E-state index contributed by atoms with van der Waals surface area (Å²) < 4.78 is 0.